The summed E-state index contributed by atoms with van der Waals surface area (Å²) in [7, 11) is 0. The number of hydrogen-bond donors (Lipinski definition) is 2. The molecule has 0 saturated carbocycles. The first-order chi connectivity index (χ1) is 18.8. The molecule has 0 radical (unpaired) electrons. The molecular weight excluding hydrogens is 504 g/mol. The van der Waals surface area contributed by atoms with Crippen molar-refractivity contribution in [3.05, 3.63) is 90.0 Å². The molecule has 4 amide bonds. The quantitative estimate of drug-likeness (QED) is 0.434. The van der Waals surface area contributed by atoms with Crippen LogP contribution in [0.3, 0.4) is 0 Å². The van der Waals surface area contributed by atoms with Gasteiger partial charge in [-0.25, -0.2) is 13.6 Å². The predicted octanol–water partition coefficient (Wildman–Crippen LogP) is 4.81. The Hall–Kier alpha value is -4.47. The zero-order valence-corrected chi connectivity index (χ0v) is 21.7. The molecule has 204 valence electrons. The Morgan fingerprint density at radius 3 is 2.26 bits per heavy atom. The van der Waals surface area contributed by atoms with Crippen LogP contribution < -0.4 is 15.5 Å². The van der Waals surface area contributed by atoms with Crippen LogP contribution in [0, 0.1) is 11.6 Å². The molecule has 1 aliphatic heterocycles. The summed E-state index contributed by atoms with van der Waals surface area (Å²) in [4.78, 5) is 43.2. The van der Waals surface area contributed by atoms with Gasteiger partial charge in [0.05, 0.1) is 5.69 Å². The average Bonchev–Trinajstić information content (AvgIpc) is 2.94. The zero-order chi connectivity index (χ0) is 27.8. The molecule has 0 aliphatic carbocycles. The van der Waals surface area contributed by atoms with Gasteiger partial charge in [0.15, 0.2) is 0 Å². The van der Waals surface area contributed by atoms with Crippen molar-refractivity contribution in [2.45, 2.75) is 13.3 Å². The Bertz CT molecular complexity index is 1310. The Kier molecular flexibility index (Phi) is 9.09. The van der Waals surface area contributed by atoms with Crippen molar-refractivity contribution in [2.75, 3.05) is 54.8 Å². The van der Waals surface area contributed by atoms with E-state index in [4.69, 9.17) is 0 Å². The molecule has 0 atom stereocenters. The molecule has 0 bridgehead atoms. The smallest absolute Gasteiger partial charge is 0.322 e. The Balaban J connectivity index is 1.28. The van der Waals surface area contributed by atoms with E-state index in [1.807, 2.05) is 19.1 Å². The van der Waals surface area contributed by atoms with Gasteiger partial charge in [0.1, 0.15) is 18.2 Å². The standard InChI is InChI=1S/C29H31F2N5O3/c1-2-14-36(28(38)21-6-5-7-22(30)19-21)20-27(37)32-23-10-12-24(13-11-23)34-15-17-35(18-16-34)29(39)33-26-9-4-3-8-25(26)31/h3-13,19H,2,14-18,20H2,1H3,(H,32,37)(H,33,39). The molecule has 0 spiro atoms. The first-order valence-corrected chi connectivity index (χ1v) is 12.8. The normalized spacial score (nSPS) is 13.1. The Morgan fingerprint density at radius 1 is 0.872 bits per heavy atom. The van der Waals surface area contributed by atoms with Gasteiger partial charge in [-0.2, -0.15) is 0 Å². The van der Waals surface area contributed by atoms with Crippen molar-refractivity contribution in [3.8, 4) is 0 Å². The summed E-state index contributed by atoms with van der Waals surface area (Å²) >= 11 is 0. The van der Waals surface area contributed by atoms with E-state index in [1.165, 1.54) is 35.2 Å². The maximum absolute atomic E-state index is 13.8. The minimum atomic E-state index is -0.505. The fourth-order valence-corrected chi connectivity index (χ4v) is 4.38. The number of nitrogens with one attached hydrogen (secondary N) is 2. The Labute approximate surface area is 226 Å². The molecule has 2 N–H and O–H groups in total. The number of nitrogens with zero attached hydrogens (tertiary/aromatic N) is 3. The molecule has 1 aliphatic rings. The van der Waals surface area contributed by atoms with Gasteiger partial charge in [-0.3, -0.25) is 9.59 Å². The summed E-state index contributed by atoms with van der Waals surface area (Å²) in [6.45, 7) is 4.28. The van der Waals surface area contributed by atoms with Gasteiger partial charge in [-0.1, -0.05) is 25.1 Å². The number of para-hydroxylation sites is 1. The third-order valence-electron chi connectivity index (χ3n) is 6.39. The van der Waals surface area contributed by atoms with Crippen LogP contribution in [0.4, 0.5) is 30.6 Å². The first-order valence-electron chi connectivity index (χ1n) is 12.8. The Morgan fingerprint density at radius 2 is 1.59 bits per heavy atom. The third-order valence-corrected chi connectivity index (χ3v) is 6.39. The van der Waals surface area contributed by atoms with Crippen LogP contribution in [0.5, 0.6) is 0 Å². The van der Waals surface area contributed by atoms with E-state index in [0.29, 0.717) is 44.8 Å². The number of amides is 4. The van der Waals surface area contributed by atoms with E-state index in [0.717, 1.165) is 11.8 Å². The van der Waals surface area contributed by atoms with Gasteiger partial charge in [0.2, 0.25) is 5.91 Å². The molecule has 1 saturated heterocycles. The number of benzene rings is 3. The van der Waals surface area contributed by atoms with Crippen LogP contribution in [-0.4, -0.2) is 66.9 Å². The average molecular weight is 536 g/mol. The molecule has 10 heteroatoms. The highest BCUT2D eigenvalue weighted by Crippen LogP contribution is 2.21. The lowest BCUT2D eigenvalue weighted by atomic mass is 10.2. The van der Waals surface area contributed by atoms with E-state index < -0.39 is 17.5 Å². The fourth-order valence-electron chi connectivity index (χ4n) is 4.38. The van der Waals surface area contributed by atoms with Crippen LogP contribution in [-0.2, 0) is 4.79 Å². The maximum atomic E-state index is 13.8. The van der Waals surface area contributed by atoms with Crippen LogP contribution in [0.15, 0.2) is 72.8 Å². The number of carbonyl (C=O) groups is 3. The van der Waals surface area contributed by atoms with E-state index in [1.54, 1.807) is 29.2 Å². The number of piperazine rings is 1. The van der Waals surface area contributed by atoms with Crippen molar-refractivity contribution in [3.63, 3.8) is 0 Å². The van der Waals surface area contributed by atoms with Gasteiger partial charge in [0, 0.05) is 49.7 Å². The summed E-state index contributed by atoms with van der Waals surface area (Å²) in [6.07, 6.45) is 0.654. The van der Waals surface area contributed by atoms with Crippen LogP contribution in [0.25, 0.3) is 0 Å². The molecular formula is C29H31F2N5O3. The van der Waals surface area contributed by atoms with Crippen molar-refractivity contribution < 1.29 is 23.2 Å². The topological polar surface area (TPSA) is 85.0 Å². The van der Waals surface area contributed by atoms with Crippen LogP contribution >= 0.6 is 0 Å². The molecule has 3 aromatic carbocycles. The molecule has 1 heterocycles. The number of hydrogen-bond acceptors (Lipinski definition) is 4. The number of carbonyl (C=O) groups excluding carboxylic acids is 3. The van der Waals surface area contributed by atoms with Crippen molar-refractivity contribution >= 4 is 34.9 Å². The van der Waals surface area contributed by atoms with Gasteiger partial charge in [-0.05, 0) is 61.0 Å². The first kappa shape index (κ1) is 27.6. The fraction of sp³-hybridized carbons (Fsp3) is 0.276. The van der Waals surface area contributed by atoms with Crippen LogP contribution in [0.1, 0.15) is 23.7 Å². The highest BCUT2D eigenvalue weighted by Gasteiger charge is 2.22. The molecule has 8 nitrogen and oxygen atoms in total. The van der Waals surface area contributed by atoms with Crippen molar-refractivity contribution in [2.24, 2.45) is 0 Å². The van der Waals surface area contributed by atoms with E-state index in [2.05, 4.69) is 15.5 Å². The molecule has 1 fully saturated rings. The van der Waals surface area contributed by atoms with Crippen molar-refractivity contribution in [1.29, 1.82) is 0 Å². The summed E-state index contributed by atoms with van der Waals surface area (Å²) < 4.78 is 27.4. The van der Waals surface area contributed by atoms with E-state index in [-0.39, 0.29) is 29.7 Å². The van der Waals surface area contributed by atoms with Crippen molar-refractivity contribution in [1.82, 2.24) is 9.80 Å². The van der Waals surface area contributed by atoms with Gasteiger partial charge in [-0.15, -0.1) is 0 Å². The largest absolute Gasteiger partial charge is 0.368 e. The SMILES string of the molecule is CCCN(CC(=O)Nc1ccc(N2CCN(C(=O)Nc3ccccc3F)CC2)cc1)C(=O)c1cccc(F)c1. The second-order valence-corrected chi connectivity index (χ2v) is 9.22. The monoisotopic (exact) mass is 535 g/mol. The molecule has 0 aromatic heterocycles. The lowest BCUT2D eigenvalue weighted by molar-refractivity contribution is -0.116. The summed E-state index contributed by atoms with van der Waals surface area (Å²) in [5, 5.41) is 5.42. The predicted molar refractivity (Wildman–Crippen MR) is 147 cm³/mol. The summed E-state index contributed by atoms with van der Waals surface area (Å²) in [5.41, 5.74) is 1.88. The number of rotatable bonds is 8. The molecule has 3 aromatic rings. The number of urea groups is 1. The van der Waals surface area contributed by atoms with E-state index >= 15 is 0 Å². The third kappa shape index (κ3) is 7.31. The zero-order valence-electron chi connectivity index (χ0n) is 21.7. The van der Waals surface area contributed by atoms with Gasteiger partial charge >= 0.3 is 6.03 Å². The van der Waals surface area contributed by atoms with Crippen LogP contribution in [0.2, 0.25) is 0 Å². The second-order valence-electron chi connectivity index (χ2n) is 9.22. The van der Waals surface area contributed by atoms with E-state index in [9.17, 15) is 23.2 Å². The molecule has 0 unspecified atom stereocenters. The highest BCUT2D eigenvalue weighted by molar-refractivity contribution is 5.99. The van der Waals surface area contributed by atoms with Gasteiger partial charge < -0.3 is 25.3 Å². The lowest BCUT2D eigenvalue weighted by Gasteiger charge is -2.36. The summed E-state index contributed by atoms with van der Waals surface area (Å²) in [5.74, 6) is -1.74. The molecule has 39 heavy (non-hydrogen) atoms. The lowest BCUT2D eigenvalue weighted by Crippen LogP contribution is -2.50. The number of anilines is 3. The van der Waals surface area contributed by atoms with Gasteiger partial charge in [0.25, 0.3) is 5.91 Å². The summed E-state index contributed by atoms with van der Waals surface area (Å²) in [6, 6.07) is 18.5. The number of halogens is 2. The minimum absolute atomic E-state index is 0.151. The second kappa shape index (κ2) is 12.9. The minimum Gasteiger partial charge on any atom is -0.368 e. The maximum Gasteiger partial charge on any atom is 0.322 e. The molecule has 4 rings (SSSR count). The highest BCUT2D eigenvalue weighted by atomic mass is 19.1.